The minimum atomic E-state index is -3.41. The number of aryl methyl sites for hydroxylation is 1. The van der Waals surface area contributed by atoms with E-state index in [1.807, 2.05) is 42.2 Å². The summed E-state index contributed by atoms with van der Waals surface area (Å²) in [6, 6.07) is 20.5. The number of carboxylic acid groups (broad SMARTS) is 1. The molecule has 2 aromatic heterocycles. The van der Waals surface area contributed by atoms with Gasteiger partial charge in [-0.25, -0.2) is 13.2 Å². The zero-order valence-corrected chi connectivity index (χ0v) is 22.1. The molecule has 0 radical (unpaired) electrons. The van der Waals surface area contributed by atoms with E-state index in [4.69, 9.17) is 16.6 Å². The highest BCUT2D eigenvalue weighted by Gasteiger charge is 2.42. The molecular weight excluding hydrogens is 524 g/mol. The van der Waals surface area contributed by atoms with Gasteiger partial charge in [-0.05, 0) is 85.4 Å². The fourth-order valence-corrected chi connectivity index (χ4v) is 5.47. The number of thiocarbonyl (C=S) groups is 1. The molecule has 0 bridgehead atoms. The Hall–Kier alpha value is -4.22. The highest BCUT2D eigenvalue weighted by Crippen LogP contribution is 2.43. The Morgan fingerprint density at radius 2 is 1.87 bits per heavy atom. The minimum Gasteiger partial charge on any atom is -0.478 e. The summed E-state index contributed by atoms with van der Waals surface area (Å²) in [5.74, 6) is 0.236. The van der Waals surface area contributed by atoms with Gasteiger partial charge in [-0.3, -0.25) is 9.71 Å². The van der Waals surface area contributed by atoms with Crippen molar-refractivity contribution in [3.8, 4) is 11.3 Å². The average Bonchev–Trinajstić information content (AvgIpc) is 3.48. The van der Waals surface area contributed by atoms with Gasteiger partial charge in [-0.2, -0.15) is 0 Å². The Balaban J connectivity index is 1.55. The molecule has 0 aliphatic carbocycles. The van der Waals surface area contributed by atoms with Crippen molar-refractivity contribution >= 4 is 44.7 Å². The number of nitrogens with zero attached hydrogens (tertiary/aromatic N) is 2. The van der Waals surface area contributed by atoms with Crippen molar-refractivity contribution in [1.29, 1.82) is 0 Å². The Kier molecular flexibility index (Phi) is 6.64. The molecule has 4 aromatic rings. The van der Waals surface area contributed by atoms with Gasteiger partial charge in [0.1, 0.15) is 17.6 Å². The number of aromatic nitrogens is 1. The van der Waals surface area contributed by atoms with E-state index in [0.717, 1.165) is 28.8 Å². The van der Waals surface area contributed by atoms with Crippen LogP contribution in [0, 0.1) is 6.92 Å². The van der Waals surface area contributed by atoms with Gasteiger partial charge >= 0.3 is 5.97 Å². The first kappa shape index (κ1) is 25.4. The van der Waals surface area contributed by atoms with E-state index in [9.17, 15) is 18.3 Å². The maximum absolute atomic E-state index is 11.6. The molecule has 9 nitrogen and oxygen atoms in total. The van der Waals surface area contributed by atoms with Crippen LogP contribution in [-0.4, -0.2) is 35.8 Å². The van der Waals surface area contributed by atoms with Crippen molar-refractivity contribution in [3.63, 3.8) is 0 Å². The van der Waals surface area contributed by atoms with Crippen molar-refractivity contribution < 1.29 is 22.7 Å². The Bertz CT molecular complexity index is 1620. The number of sulfonamides is 1. The third kappa shape index (κ3) is 5.11. The van der Waals surface area contributed by atoms with Crippen LogP contribution in [0.2, 0.25) is 0 Å². The van der Waals surface area contributed by atoms with E-state index in [1.54, 1.807) is 48.7 Å². The SMILES string of the molecule is Cc1cc(C(=O)O)ccc1-c1ccc([C@@H]2[C@@H](c3ccccn3)NC(=S)N2c2ccc(NS(C)(=O)=O)cc2)o1. The first-order chi connectivity index (χ1) is 18.1. The lowest BCUT2D eigenvalue weighted by molar-refractivity contribution is 0.0696. The summed E-state index contributed by atoms with van der Waals surface area (Å²) in [6.07, 6.45) is 2.81. The summed E-state index contributed by atoms with van der Waals surface area (Å²) in [5, 5.41) is 13.1. The molecule has 1 saturated heterocycles. The molecule has 1 aliphatic rings. The summed E-state index contributed by atoms with van der Waals surface area (Å²) in [4.78, 5) is 17.8. The molecule has 1 aliphatic heterocycles. The first-order valence-electron chi connectivity index (χ1n) is 11.6. The van der Waals surface area contributed by atoms with Gasteiger partial charge in [-0.1, -0.05) is 12.1 Å². The van der Waals surface area contributed by atoms with E-state index in [-0.39, 0.29) is 11.6 Å². The van der Waals surface area contributed by atoms with E-state index in [1.165, 1.54) is 0 Å². The highest BCUT2D eigenvalue weighted by molar-refractivity contribution is 7.92. The predicted octanol–water partition coefficient (Wildman–Crippen LogP) is 4.90. The number of furan rings is 1. The first-order valence-corrected chi connectivity index (χ1v) is 13.9. The third-order valence-corrected chi connectivity index (χ3v) is 7.12. The average molecular weight is 549 g/mol. The van der Waals surface area contributed by atoms with Crippen LogP contribution in [0.1, 0.15) is 39.5 Å². The van der Waals surface area contributed by atoms with Crippen LogP contribution >= 0.6 is 12.2 Å². The number of nitrogens with one attached hydrogen (secondary N) is 2. The number of hydrogen-bond donors (Lipinski definition) is 3. The molecule has 0 amide bonds. The van der Waals surface area contributed by atoms with Crippen LogP contribution in [0.25, 0.3) is 11.3 Å². The fraction of sp³-hybridized carbons (Fsp3) is 0.148. The Labute approximate surface area is 225 Å². The number of aromatic carboxylic acids is 1. The monoisotopic (exact) mass is 548 g/mol. The lowest BCUT2D eigenvalue weighted by Gasteiger charge is -2.26. The van der Waals surface area contributed by atoms with Crippen LogP contribution in [0.3, 0.4) is 0 Å². The van der Waals surface area contributed by atoms with Crippen molar-refractivity contribution in [2.24, 2.45) is 0 Å². The van der Waals surface area contributed by atoms with Crippen molar-refractivity contribution in [3.05, 3.63) is 102 Å². The summed E-state index contributed by atoms with van der Waals surface area (Å²) in [5.41, 5.74) is 3.72. The summed E-state index contributed by atoms with van der Waals surface area (Å²) >= 11 is 5.74. The number of anilines is 2. The lowest BCUT2D eigenvalue weighted by atomic mass is 10.0. The molecule has 5 rings (SSSR count). The van der Waals surface area contributed by atoms with Crippen LogP contribution in [0.5, 0.6) is 0 Å². The van der Waals surface area contributed by atoms with E-state index in [2.05, 4.69) is 15.0 Å². The third-order valence-electron chi connectivity index (χ3n) is 6.20. The normalized spacial score (nSPS) is 17.3. The number of hydrogen-bond acceptors (Lipinski definition) is 6. The zero-order chi connectivity index (χ0) is 27.0. The molecule has 11 heteroatoms. The van der Waals surface area contributed by atoms with Crippen LogP contribution in [-0.2, 0) is 10.0 Å². The largest absolute Gasteiger partial charge is 0.478 e. The maximum Gasteiger partial charge on any atom is 0.335 e. The number of pyridine rings is 1. The standard InChI is InChI=1S/C27H24N4O5S2/c1-16-15-17(26(32)33)6-11-20(16)22-12-13-23(36-22)25-24(21-5-3-4-14-28-21)29-27(37)31(25)19-9-7-18(8-10-19)30-38(2,34)35/h3-15,24-25,30H,1-2H3,(H,29,37)(H,32,33)/t24-,25-/m1/s1. The van der Waals surface area contributed by atoms with Gasteiger partial charge in [-0.15, -0.1) is 0 Å². The lowest BCUT2D eigenvalue weighted by Crippen LogP contribution is -2.29. The molecule has 3 heterocycles. The second-order valence-corrected chi connectivity index (χ2v) is 11.1. The maximum atomic E-state index is 11.6. The summed E-state index contributed by atoms with van der Waals surface area (Å²) in [6.45, 7) is 1.84. The highest BCUT2D eigenvalue weighted by atomic mass is 32.2. The van der Waals surface area contributed by atoms with E-state index >= 15 is 0 Å². The predicted molar refractivity (Wildman–Crippen MR) is 149 cm³/mol. The second-order valence-electron chi connectivity index (χ2n) is 8.95. The number of rotatable bonds is 7. The molecule has 2 atom stereocenters. The van der Waals surface area contributed by atoms with Gasteiger partial charge in [0.2, 0.25) is 10.0 Å². The van der Waals surface area contributed by atoms with Crippen LogP contribution in [0.4, 0.5) is 11.4 Å². The van der Waals surface area contributed by atoms with E-state index < -0.39 is 22.0 Å². The van der Waals surface area contributed by atoms with E-state index in [0.29, 0.717) is 22.3 Å². The molecule has 3 N–H and O–H groups in total. The smallest absolute Gasteiger partial charge is 0.335 e. The topological polar surface area (TPSA) is 125 Å². The van der Waals surface area contributed by atoms with Gasteiger partial charge in [0.05, 0.1) is 23.6 Å². The number of carboxylic acids is 1. The quantitative estimate of drug-likeness (QED) is 0.277. The Morgan fingerprint density at radius 3 is 2.50 bits per heavy atom. The molecule has 38 heavy (non-hydrogen) atoms. The van der Waals surface area contributed by atoms with Gasteiger partial charge < -0.3 is 19.7 Å². The van der Waals surface area contributed by atoms with Crippen molar-refractivity contribution in [2.45, 2.75) is 19.0 Å². The van der Waals surface area contributed by atoms with Gasteiger partial charge in [0.25, 0.3) is 0 Å². The molecule has 1 fully saturated rings. The zero-order valence-electron chi connectivity index (χ0n) is 20.5. The van der Waals surface area contributed by atoms with Gasteiger partial charge in [0.15, 0.2) is 5.11 Å². The van der Waals surface area contributed by atoms with Crippen molar-refractivity contribution in [1.82, 2.24) is 10.3 Å². The fourth-order valence-electron chi connectivity index (χ4n) is 4.56. The van der Waals surface area contributed by atoms with Crippen LogP contribution in [0.15, 0.2) is 83.4 Å². The molecular formula is C27H24N4O5S2. The summed E-state index contributed by atoms with van der Waals surface area (Å²) in [7, 11) is -3.41. The van der Waals surface area contributed by atoms with Gasteiger partial charge in [0, 0.05) is 23.1 Å². The molecule has 0 unspecified atom stereocenters. The summed E-state index contributed by atoms with van der Waals surface area (Å²) < 4.78 is 32.1. The Morgan fingerprint density at radius 1 is 1.11 bits per heavy atom. The minimum absolute atomic E-state index is 0.207. The molecule has 0 saturated carbocycles. The number of carbonyl (C=O) groups is 1. The molecule has 2 aromatic carbocycles. The van der Waals surface area contributed by atoms with Crippen molar-refractivity contribution in [2.75, 3.05) is 15.9 Å². The van der Waals surface area contributed by atoms with Crippen LogP contribution < -0.4 is 14.9 Å². The number of benzene rings is 2. The molecule has 0 spiro atoms. The molecule has 194 valence electrons. The second kappa shape index (κ2) is 9.92.